The third-order valence-electron chi connectivity index (χ3n) is 4.18. The van der Waals surface area contributed by atoms with Crippen molar-refractivity contribution in [2.45, 2.75) is 19.9 Å². The number of hydrogen-bond donors (Lipinski definition) is 4. The molecule has 0 fully saturated rings. The van der Waals surface area contributed by atoms with Crippen LogP contribution in [0.3, 0.4) is 0 Å². The summed E-state index contributed by atoms with van der Waals surface area (Å²) in [6.07, 6.45) is 4.14. The molecular weight excluding hydrogens is 488 g/mol. The van der Waals surface area contributed by atoms with Gasteiger partial charge in [-0.25, -0.2) is 9.38 Å². The van der Waals surface area contributed by atoms with Gasteiger partial charge in [-0.05, 0) is 49.2 Å². The second kappa shape index (κ2) is 11.4. The lowest BCUT2D eigenvalue weighted by Gasteiger charge is -2.11. The molecule has 0 radical (unpaired) electrons. The highest BCUT2D eigenvalue weighted by molar-refractivity contribution is 14.0. The molecule has 1 amide bonds. The zero-order chi connectivity index (χ0) is 19.8. The maximum absolute atomic E-state index is 13.5. The van der Waals surface area contributed by atoms with Gasteiger partial charge < -0.3 is 25.4 Å². The molecule has 3 rings (SSSR count). The first-order chi connectivity index (χ1) is 13.7. The van der Waals surface area contributed by atoms with Crippen LogP contribution in [0.15, 0.2) is 52.2 Å². The number of nitrogens with zero attached hydrogens (tertiary/aromatic N) is 1. The van der Waals surface area contributed by atoms with Gasteiger partial charge in [0.1, 0.15) is 18.1 Å². The molecule has 0 atom stereocenters. The SMILES string of the molecule is CCNC(=NCC(=O)NCc1ccco1)NCCc1c[nH]c2ccc(F)cc12.I. The van der Waals surface area contributed by atoms with Crippen LogP contribution in [0.2, 0.25) is 0 Å². The molecule has 0 saturated carbocycles. The normalized spacial score (nSPS) is 11.2. The zero-order valence-electron chi connectivity index (χ0n) is 16.1. The summed E-state index contributed by atoms with van der Waals surface area (Å²) >= 11 is 0. The van der Waals surface area contributed by atoms with Gasteiger partial charge in [0.25, 0.3) is 0 Å². The first-order valence-electron chi connectivity index (χ1n) is 9.22. The lowest BCUT2D eigenvalue weighted by atomic mass is 10.1. The summed E-state index contributed by atoms with van der Waals surface area (Å²) in [7, 11) is 0. The topological polar surface area (TPSA) is 94.4 Å². The highest BCUT2D eigenvalue weighted by Crippen LogP contribution is 2.19. The van der Waals surface area contributed by atoms with Gasteiger partial charge >= 0.3 is 0 Å². The number of H-pyrrole nitrogens is 1. The summed E-state index contributed by atoms with van der Waals surface area (Å²) in [4.78, 5) is 19.4. The summed E-state index contributed by atoms with van der Waals surface area (Å²) in [5.74, 6) is 0.802. The quantitative estimate of drug-likeness (QED) is 0.212. The molecule has 2 heterocycles. The van der Waals surface area contributed by atoms with E-state index in [1.54, 1.807) is 24.5 Å². The van der Waals surface area contributed by atoms with Crippen molar-refractivity contribution in [3.8, 4) is 0 Å². The molecule has 0 aliphatic heterocycles. The number of aliphatic imine (C=N–C) groups is 1. The van der Waals surface area contributed by atoms with Gasteiger partial charge in [0.05, 0.1) is 12.8 Å². The summed E-state index contributed by atoms with van der Waals surface area (Å²) in [6.45, 7) is 3.58. The summed E-state index contributed by atoms with van der Waals surface area (Å²) in [6, 6.07) is 8.27. The van der Waals surface area contributed by atoms with Gasteiger partial charge in [-0.2, -0.15) is 0 Å². The second-order valence-electron chi connectivity index (χ2n) is 6.23. The summed E-state index contributed by atoms with van der Waals surface area (Å²) in [5.41, 5.74) is 1.93. The number of halogens is 2. The number of nitrogens with one attached hydrogen (secondary N) is 4. The average Bonchev–Trinajstić information content (AvgIpc) is 3.34. The third-order valence-corrected chi connectivity index (χ3v) is 4.18. The van der Waals surface area contributed by atoms with Gasteiger partial charge in [-0.1, -0.05) is 0 Å². The van der Waals surface area contributed by atoms with Crippen molar-refractivity contribution in [3.05, 3.63) is 59.9 Å². The Morgan fingerprint density at radius 2 is 2.10 bits per heavy atom. The Morgan fingerprint density at radius 3 is 2.86 bits per heavy atom. The number of aromatic nitrogens is 1. The number of guanidine groups is 1. The van der Waals surface area contributed by atoms with Crippen molar-refractivity contribution in [3.63, 3.8) is 0 Å². The largest absolute Gasteiger partial charge is 0.467 e. The van der Waals surface area contributed by atoms with Crippen molar-refractivity contribution < 1.29 is 13.6 Å². The Kier molecular flexibility index (Phi) is 8.97. The summed E-state index contributed by atoms with van der Waals surface area (Å²) < 4.78 is 18.6. The van der Waals surface area contributed by atoms with Crippen LogP contribution in [0.25, 0.3) is 10.9 Å². The molecule has 2 aromatic heterocycles. The number of carbonyl (C=O) groups is 1. The molecule has 3 aromatic rings. The molecule has 0 spiro atoms. The minimum atomic E-state index is -0.253. The van der Waals surface area contributed by atoms with Crippen LogP contribution in [-0.2, 0) is 17.8 Å². The fraction of sp³-hybridized carbons (Fsp3) is 0.300. The van der Waals surface area contributed by atoms with E-state index in [-0.39, 0.29) is 42.2 Å². The van der Waals surface area contributed by atoms with Crippen LogP contribution in [0.5, 0.6) is 0 Å². The highest BCUT2D eigenvalue weighted by Gasteiger charge is 2.06. The second-order valence-corrected chi connectivity index (χ2v) is 6.23. The van der Waals surface area contributed by atoms with Gasteiger partial charge in [0.2, 0.25) is 5.91 Å². The maximum atomic E-state index is 13.5. The van der Waals surface area contributed by atoms with E-state index in [0.717, 1.165) is 16.5 Å². The van der Waals surface area contributed by atoms with Crippen molar-refractivity contribution in [1.82, 2.24) is 20.9 Å². The molecule has 0 aliphatic rings. The van der Waals surface area contributed by atoms with E-state index in [4.69, 9.17) is 4.42 Å². The van der Waals surface area contributed by atoms with Crippen LogP contribution in [-0.4, -0.2) is 36.5 Å². The predicted molar refractivity (Wildman–Crippen MR) is 122 cm³/mol. The van der Waals surface area contributed by atoms with Gasteiger partial charge in [-0.15, -0.1) is 24.0 Å². The van der Waals surface area contributed by atoms with E-state index < -0.39 is 0 Å². The van der Waals surface area contributed by atoms with E-state index in [0.29, 0.717) is 37.8 Å². The molecule has 29 heavy (non-hydrogen) atoms. The van der Waals surface area contributed by atoms with E-state index >= 15 is 0 Å². The molecule has 7 nitrogen and oxygen atoms in total. The molecule has 0 unspecified atom stereocenters. The average molecular weight is 513 g/mol. The van der Waals surface area contributed by atoms with Crippen molar-refractivity contribution in [2.24, 2.45) is 4.99 Å². The van der Waals surface area contributed by atoms with Crippen LogP contribution >= 0.6 is 24.0 Å². The number of benzene rings is 1. The van der Waals surface area contributed by atoms with Crippen molar-refractivity contribution in [2.75, 3.05) is 19.6 Å². The molecule has 4 N–H and O–H groups in total. The number of fused-ring (bicyclic) bond motifs is 1. The van der Waals surface area contributed by atoms with Gasteiger partial charge in [0.15, 0.2) is 5.96 Å². The highest BCUT2D eigenvalue weighted by atomic mass is 127. The summed E-state index contributed by atoms with van der Waals surface area (Å²) in [5, 5.41) is 9.93. The molecule has 1 aromatic carbocycles. The molecule has 0 aliphatic carbocycles. The number of aromatic amines is 1. The Morgan fingerprint density at radius 1 is 1.24 bits per heavy atom. The molecule has 0 saturated heterocycles. The van der Waals surface area contributed by atoms with Crippen LogP contribution < -0.4 is 16.0 Å². The minimum Gasteiger partial charge on any atom is -0.467 e. The van der Waals surface area contributed by atoms with E-state index in [1.165, 1.54) is 12.1 Å². The third kappa shape index (κ3) is 6.77. The van der Waals surface area contributed by atoms with E-state index in [1.807, 2.05) is 13.1 Å². The van der Waals surface area contributed by atoms with Crippen molar-refractivity contribution in [1.29, 1.82) is 0 Å². The van der Waals surface area contributed by atoms with Crippen molar-refractivity contribution >= 4 is 46.7 Å². The Labute approximate surface area is 185 Å². The number of rotatable bonds is 8. The maximum Gasteiger partial charge on any atom is 0.242 e. The molecule has 9 heteroatoms. The lowest BCUT2D eigenvalue weighted by Crippen LogP contribution is -2.39. The van der Waals surface area contributed by atoms with E-state index in [9.17, 15) is 9.18 Å². The van der Waals surface area contributed by atoms with Gasteiger partial charge in [0, 0.05) is 30.2 Å². The Bertz CT molecular complexity index is 940. The standard InChI is InChI=1S/C20H24FN5O2.HI/c1-2-22-20(26-13-19(27)25-12-16-4-3-9-28-16)23-8-7-14-11-24-18-6-5-15(21)10-17(14)18;/h3-6,9-11,24H,2,7-8,12-13H2,1H3,(H,25,27)(H2,22,23,26);1H. The van der Waals surface area contributed by atoms with Gasteiger partial charge in [-0.3, -0.25) is 4.79 Å². The monoisotopic (exact) mass is 513 g/mol. The number of carbonyl (C=O) groups excluding carboxylic acids is 1. The van der Waals surface area contributed by atoms with Crippen LogP contribution in [0.4, 0.5) is 4.39 Å². The molecule has 0 bridgehead atoms. The number of furan rings is 1. The fourth-order valence-electron chi connectivity index (χ4n) is 2.82. The molecule has 156 valence electrons. The van der Waals surface area contributed by atoms with E-state index in [2.05, 4.69) is 25.9 Å². The predicted octanol–water partition coefficient (Wildman–Crippen LogP) is 2.93. The first-order valence-corrected chi connectivity index (χ1v) is 9.22. The Balaban J connectivity index is 0.00000300. The van der Waals surface area contributed by atoms with Crippen LogP contribution in [0.1, 0.15) is 18.2 Å². The zero-order valence-corrected chi connectivity index (χ0v) is 18.5. The Hall–Kier alpha value is -2.56. The smallest absolute Gasteiger partial charge is 0.242 e. The fourth-order valence-corrected chi connectivity index (χ4v) is 2.82. The first kappa shape index (κ1) is 22.7. The lowest BCUT2D eigenvalue weighted by molar-refractivity contribution is -0.119. The number of hydrogen-bond acceptors (Lipinski definition) is 3. The minimum absolute atomic E-state index is 0. The number of amides is 1. The van der Waals surface area contributed by atoms with Crippen LogP contribution in [0, 0.1) is 5.82 Å². The molecular formula is C20H25FIN5O2.